The highest BCUT2D eigenvalue weighted by molar-refractivity contribution is 6.32. The molecule has 0 unspecified atom stereocenters. The summed E-state index contributed by atoms with van der Waals surface area (Å²) < 4.78 is 32.2. The minimum atomic E-state index is 0.623. The Labute approximate surface area is 701 Å². The third kappa shape index (κ3) is 11.6. The van der Waals surface area contributed by atoms with E-state index in [9.17, 15) is 0 Å². The first-order valence-corrected chi connectivity index (χ1v) is 41.2. The number of rotatable bonds is 10. The van der Waals surface area contributed by atoms with Crippen LogP contribution in [-0.2, 0) is 0 Å². The van der Waals surface area contributed by atoms with Gasteiger partial charge in [0.25, 0.3) is 0 Å². The van der Waals surface area contributed by atoms with E-state index in [2.05, 4.69) is 267 Å². The van der Waals surface area contributed by atoms with Gasteiger partial charge < -0.3 is 22.1 Å². The highest BCUT2D eigenvalue weighted by Crippen LogP contribution is 2.50. The smallest absolute Gasteiger partial charge is 0.160 e. The van der Waals surface area contributed by atoms with Gasteiger partial charge in [0.2, 0.25) is 0 Å². The number of pyridine rings is 2. The summed E-state index contributed by atoms with van der Waals surface area (Å²) >= 11 is 0. The maximum absolute atomic E-state index is 6.83. The summed E-state index contributed by atoms with van der Waals surface area (Å²) in [6.45, 7) is 0. The van der Waals surface area contributed by atoms with Gasteiger partial charge in [-0.3, -0.25) is 0 Å². The first kappa shape index (κ1) is 69.4. The van der Waals surface area contributed by atoms with Crippen LogP contribution >= 0.6 is 0 Å². The van der Waals surface area contributed by atoms with Crippen molar-refractivity contribution in [1.29, 1.82) is 0 Å². The molecule has 0 fully saturated rings. The quantitative estimate of drug-likeness (QED) is 0.121. The van der Waals surface area contributed by atoms with Gasteiger partial charge in [-0.25, -0.2) is 29.9 Å². The topological polar surface area (TPSA) is 143 Å². The Morgan fingerprint density at radius 3 is 0.837 bits per heavy atom. The van der Waals surface area contributed by atoms with Crippen LogP contribution in [0, 0.1) is 0 Å². The third-order valence-corrected chi connectivity index (χ3v) is 24.2. The van der Waals surface area contributed by atoms with Crippen molar-refractivity contribution in [2.24, 2.45) is 0 Å². The van der Waals surface area contributed by atoms with Gasteiger partial charge >= 0.3 is 0 Å². The van der Waals surface area contributed by atoms with E-state index in [0.717, 1.165) is 254 Å². The van der Waals surface area contributed by atoms with Crippen LogP contribution in [0.25, 0.3) is 266 Å². The Kier molecular flexibility index (Phi) is 15.8. The van der Waals surface area contributed by atoms with E-state index in [-0.39, 0.29) is 0 Å². The minimum absolute atomic E-state index is 0.623. The van der Waals surface area contributed by atoms with Crippen molar-refractivity contribution in [3.63, 3.8) is 0 Å². The van der Waals surface area contributed by atoms with Gasteiger partial charge in [0.05, 0.1) is 45.2 Å². The van der Waals surface area contributed by atoms with E-state index in [0.29, 0.717) is 11.6 Å². The molecule has 0 saturated heterocycles. The Morgan fingerprint density at radius 1 is 0.154 bits per heavy atom. The maximum atomic E-state index is 6.83. The monoisotopic (exact) mass is 1570 g/mol. The molecule has 0 atom stereocenters. The highest BCUT2D eigenvalue weighted by atomic mass is 16.3. The van der Waals surface area contributed by atoms with Gasteiger partial charge in [0.1, 0.15) is 55.8 Å². The standard InChI is InChI=1S/C59H33N3O3.C53H31N3O2/c1-2-12-36(13-3-1)57-46-32-43(58-56(42-17-7-11-21-52(42)65-58)55(46)41-16-4-8-18-47(41)60-57)34-22-24-35(25-23-34)48-33-49(37-26-28-53-44(30-37)39-14-5-9-19-50(39)63-53)62-59(61-48)38-27-29-54-45(31-38)40-15-6-10-20-51(40)64-54;1-3-13-34(14-4-1)51-42-30-40(52-50(39-19-9-12-22-47(39)58-52)49(42)38-18-7-10-20-43(38)54-51)32-23-25-33(26-24-32)44-31-45(56-53(55-44)35-15-5-2-6-16-35)36-27-28-48-41(29-36)37-17-8-11-21-46(37)57-48/h1-33H;1-31H. The van der Waals surface area contributed by atoms with Crippen molar-refractivity contribution < 1.29 is 22.1 Å². The fraction of sp³-hybridized carbons (Fsp3) is 0. The molecule has 0 aliphatic carbocycles. The van der Waals surface area contributed by atoms with Crippen LogP contribution in [0.4, 0.5) is 0 Å². The van der Waals surface area contributed by atoms with Crippen molar-refractivity contribution in [2.45, 2.75) is 0 Å². The molecule has 26 aromatic rings. The second-order valence-electron chi connectivity index (χ2n) is 31.4. The van der Waals surface area contributed by atoms with Crippen LogP contribution in [0.1, 0.15) is 0 Å². The van der Waals surface area contributed by atoms with Crippen LogP contribution in [0.15, 0.2) is 410 Å². The van der Waals surface area contributed by atoms with Crippen molar-refractivity contribution in [1.82, 2.24) is 29.9 Å². The molecule has 0 aliphatic heterocycles. The van der Waals surface area contributed by atoms with E-state index in [1.807, 2.05) is 121 Å². The third-order valence-electron chi connectivity index (χ3n) is 24.2. The second kappa shape index (κ2) is 28.0. The number of aromatic nitrogens is 6. The molecule has 0 radical (unpaired) electrons. The van der Waals surface area contributed by atoms with E-state index >= 15 is 0 Å². The zero-order chi connectivity index (χ0) is 80.7. The van der Waals surface area contributed by atoms with Gasteiger partial charge in [-0.1, -0.05) is 267 Å². The SMILES string of the molecule is c1ccc(-c2nc(-c3ccc(-c4cc5c(-c6ccccc6)nc6ccccc6c5c5c4oc4ccccc45)cc3)cc(-c3ccc4oc5ccccc5c4c3)n2)cc1.c1ccc(-c2nc3ccccc3c3c2cc(-c2ccc(-c4cc(-c5ccc6oc7ccccc7c6c5)nc(-c5ccc6oc7ccccc7c6c5)n4)cc2)c2oc4ccccc4c23)cc1. The minimum Gasteiger partial charge on any atom is -0.456 e. The summed E-state index contributed by atoms with van der Waals surface area (Å²) in [7, 11) is 0. The fourth-order valence-corrected chi connectivity index (χ4v) is 18.3. The molecule has 9 heterocycles. The van der Waals surface area contributed by atoms with E-state index in [1.165, 1.54) is 0 Å². The van der Waals surface area contributed by atoms with Crippen LogP contribution in [0.3, 0.4) is 0 Å². The summed E-state index contributed by atoms with van der Waals surface area (Å²) in [5.74, 6) is 1.29. The molecule has 0 amide bonds. The Balaban J connectivity index is 0.000000136. The molecule has 572 valence electrons. The number of para-hydroxylation sites is 7. The molecular weight excluding hydrogens is 1510 g/mol. The zero-order valence-electron chi connectivity index (χ0n) is 65.7. The average Bonchev–Trinajstić information content (AvgIpc) is 1.70. The number of nitrogens with zero attached hydrogens (tertiary/aromatic N) is 6. The second-order valence-corrected chi connectivity index (χ2v) is 31.4. The normalized spacial score (nSPS) is 11.9. The summed E-state index contributed by atoms with van der Waals surface area (Å²) in [6.07, 6.45) is 0. The van der Waals surface area contributed by atoms with E-state index in [4.69, 9.17) is 52.0 Å². The predicted molar refractivity (Wildman–Crippen MR) is 500 cm³/mol. The lowest BCUT2D eigenvalue weighted by molar-refractivity contribution is 0.668. The Morgan fingerprint density at radius 2 is 0.439 bits per heavy atom. The van der Waals surface area contributed by atoms with Crippen LogP contribution in [0.5, 0.6) is 0 Å². The van der Waals surface area contributed by atoms with E-state index in [1.54, 1.807) is 0 Å². The van der Waals surface area contributed by atoms with Crippen molar-refractivity contribution in [3.8, 4) is 113 Å². The number of hydrogen-bond acceptors (Lipinski definition) is 11. The van der Waals surface area contributed by atoms with Crippen LogP contribution < -0.4 is 0 Å². The van der Waals surface area contributed by atoms with Gasteiger partial charge in [-0.15, -0.1) is 0 Å². The van der Waals surface area contributed by atoms with Crippen molar-refractivity contribution >= 4 is 153 Å². The molecular formula is C112H64N6O5. The number of benzene rings is 17. The van der Waals surface area contributed by atoms with Gasteiger partial charge in [-0.05, 0) is 132 Å². The summed E-state index contributed by atoms with van der Waals surface area (Å²) in [5, 5.41) is 17.3. The zero-order valence-corrected chi connectivity index (χ0v) is 65.7. The fourth-order valence-electron chi connectivity index (χ4n) is 18.3. The molecule has 11 nitrogen and oxygen atoms in total. The number of fused-ring (bicyclic) bond motifs is 23. The molecule has 0 spiro atoms. The lowest BCUT2D eigenvalue weighted by Crippen LogP contribution is -1.96. The van der Waals surface area contributed by atoms with Gasteiger partial charge in [0, 0.05) is 142 Å². The van der Waals surface area contributed by atoms with E-state index < -0.39 is 0 Å². The first-order chi connectivity index (χ1) is 60.9. The Hall–Kier alpha value is -16.8. The first-order valence-electron chi connectivity index (χ1n) is 41.2. The maximum Gasteiger partial charge on any atom is 0.160 e. The highest BCUT2D eigenvalue weighted by Gasteiger charge is 2.26. The molecule has 26 rings (SSSR count). The molecule has 123 heavy (non-hydrogen) atoms. The van der Waals surface area contributed by atoms with Gasteiger partial charge in [0.15, 0.2) is 11.6 Å². The molecule has 0 aliphatic rings. The van der Waals surface area contributed by atoms with Crippen LogP contribution in [0.2, 0.25) is 0 Å². The predicted octanol–water partition coefficient (Wildman–Crippen LogP) is 30.5. The summed E-state index contributed by atoms with van der Waals surface area (Å²) in [5.41, 5.74) is 27.5. The molecule has 9 aromatic heterocycles. The molecule has 0 N–H and O–H groups in total. The summed E-state index contributed by atoms with van der Waals surface area (Å²) in [4.78, 5) is 31.4. The lowest BCUT2D eigenvalue weighted by atomic mass is 9.91. The number of hydrogen-bond donors (Lipinski definition) is 0. The van der Waals surface area contributed by atoms with Crippen molar-refractivity contribution in [3.05, 3.63) is 388 Å². The Bertz CT molecular complexity index is 8680. The molecule has 11 heteroatoms. The van der Waals surface area contributed by atoms with Crippen LogP contribution in [-0.4, -0.2) is 29.9 Å². The molecule has 0 bridgehead atoms. The molecule has 0 saturated carbocycles. The van der Waals surface area contributed by atoms with Crippen molar-refractivity contribution in [2.75, 3.05) is 0 Å². The lowest BCUT2D eigenvalue weighted by Gasteiger charge is -2.14. The molecule has 17 aromatic carbocycles. The van der Waals surface area contributed by atoms with Gasteiger partial charge in [-0.2, -0.15) is 0 Å². The number of furan rings is 5. The average molecular weight is 1570 g/mol. The summed E-state index contributed by atoms with van der Waals surface area (Å²) in [6, 6.07) is 134. The largest absolute Gasteiger partial charge is 0.456 e.